The van der Waals surface area contributed by atoms with Crippen LogP contribution in [0.2, 0.25) is 0 Å². The zero-order valence-corrected chi connectivity index (χ0v) is 16.9. The van der Waals surface area contributed by atoms with Crippen LogP contribution in [0.4, 0.5) is 5.69 Å². The van der Waals surface area contributed by atoms with Crippen molar-refractivity contribution < 1.29 is 9.59 Å². The number of thioether (sulfide) groups is 1. The van der Waals surface area contributed by atoms with Crippen molar-refractivity contribution in [1.29, 1.82) is 0 Å². The molecule has 0 aliphatic carbocycles. The highest BCUT2D eigenvalue weighted by atomic mass is 32.2. The molecule has 1 N–H and O–H groups in total. The Morgan fingerprint density at radius 3 is 2.67 bits per heavy atom. The molecule has 0 bridgehead atoms. The third-order valence-electron chi connectivity index (χ3n) is 4.91. The third kappa shape index (κ3) is 4.99. The van der Waals surface area contributed by atoms with Crippen LogP contribution in [0.3, 0.4) is 0 Å². The Balaban J connectivity index is 1.57. The number of anilines is 1. The molecular weight excluding hydrogens is 360 g/mol. The van der Waals surface area contributed by atoms with E-state index in [0.717, 1.165) is 41.2 Å². The molecule has 1 aliphatic heterocycles. The molecule has 1 aromatic heterocycles. The average molecular weight is 387 g/mol. The van der Waals surface area contributed by atoms with Crippen molar-refractivity contribution in [3.8, 4) is 0 Å². The van der Waals surface area contributed by atoms with E-state index < -0.39 is 0 Å². The minimum Gasteiger partial charge on any atom is -0.322 e. The minimum absolute atomic E-state index is 0.0493. The van der Waals surface area contributed by atoms with Gasteiger partial charge in [0.1, 0.15) is 0 Å². The van der Waals surface area contributed by atoms with Crippen LogP contribution in [-0.2, 0) is 11.8 Å². The summed E-state index contributed by atoms with van der Waals surface area (Å²) in [6.07, 6.45) is 5.63. The number of carbonyl (C=O) groups is 2. The molecule has 144 valence electrons. The molecular formula is C20H26N4O2S. The first kappa shape index (κ1) is 19.6. The highest BCUT2D eigenvalue weighted by Crippen LogP contribution is 2.23. The number of carbonyl (C=O) groups excluding carboxylic acids is 2. The topological polar surface area (TPSA) is 67.2 Å². The van der Waals surface area contributed by atoms with E-state index in [1.807, 2.05) is 44.5 Å². The molecule has 0 saturated carbocycles. The van der Waals surface area contributed by atoms with Crippen molar-refractivity contribution in [3.63, 3.8) is 0 Å². The molecule has 27 heavy (non-hydrogen) atoms. The summed E-state index contributed by atoms with van der Waals surface area (Å²) in [5, 5.41) is 7.15. The molecule has 1 amide bonds. The van der Waals surface area contributed by atoms with Gasteiger partial charge in [-0.15, -0.1) is 11.8 Å². The predicted octanol–water partition coefficient (Wildman–Crippen LogP) is 2.98. The van der Waals surface area contributed by atoms with Crippen molar-refractivity contribution >= 4 is 29.1 Å². The molecule has 1 aliphatic rings. The Hall–Kier alpha value is -2.12. The lowest BCUT2D eigenvalue weighted by Gasteiger charge is -2.31. The van der Waals surface area contributed by atoms with Gasteiger partial charge in [0.05, 0.1) is 17.9 Å². The van der Waals surface area contributed by atoms with Crippen LogP contribution in [0.15, 0.2) is 35.4 Å². The van der Waals surface area contributed by atoms with Crippen LogP contribution in [0, 0.1) is 12.8 Å². The van der Waals surface area contributed by atoms with E-state index in [2.05, 4.69) is 15.3 Å². The number of nitrogens with one attached hydrogen (secondary N) is 1. The fourth-order valence-corrected chi connectivity index (χ4v) is 3.93. The van der Waals surface area contributed by atoms with Crippen LogP contribution in [-0.4, -0.2) is 52.3 Å². The first-order valence-electron chi connectivity index (χ1n) is 9.17. The number of ketones is 1. The standard InChI is InChI=1S/C20H26N4O2S/c1-14-18(12-23(2)22-14)21-19(25)13-24-10-4-5-16(11-24)20(26)15-6-8-17(27-3)9-7-15/h6-9,12,16H,4-5,10-11,13H2,1-3H3,(H,21,25)/t16-/m0/s1. The van der Waals surface area contributed by atoms with Crippen molar-refractivity contribution in [2.75, 3.05) is 31.2 Å². The molecule has 1 aromatic carbocycles. The Morgan fingerprint density at radius 1 is 1.30 bits per heavy atom. The molecule has 1 saturated heterocycles. The maximum absolute atomic E-state index is 12.8. The Bertz CT molecular complexity index is 816. The molecule has 0 unspecified atom stereocenters. The summed E-state index contributed by atoms with van der Waals surface area (Å²) in [6.45, 7) is 3.63. The molecule has 7 heteroatoms. The second kappa shape index (κ2) is 8.71. The lowest BCUT2D eigenvalue weighted by Crippen LogP contribution is -2.42. The maximum atomic E-state index is 12.8. The number of piperidine rings is 1. The summed E-state index contributed by atoms with van der Waals surface area (Å²) < 4.78 is 1.68. The molecule has 0 radical (unpaired) electrons. The van der Waals surface area contributed by atoms with Gasteiger partial charge in [-0.3, -0.25) is 19.2 Å². The largest absolute Gasteiger partial charge is 0.322 e. The highest BCUT2D eigenvalue weighted by Gasteiger charge is 2.27. The number of hydrogen-bond donors (Lipinski definition) is 1. The van der Waals surface area contributed by atoms with E-state index in [9.17, 15) is 9.59 Å². The van der Waals surface area contributed by atoms with Gasteiger partial charge in [0.2, 0.25) is 5.91 Å². The molecule has 0 spiro atoms. The number of rotatable bonds is 6. The van der Waals surface area contributed by atoms with Gasteiger partial charge in [-0.25, -0.2) is 0 Å². The maximum Gasteiger partial charge on any atom is 0.238 e. The summed E-state index contributed by atoms with van der Waals surface area (Å²) >= 11 is 1.67. The summed E-state index contributed by atoms with van der Waals surface area (Å²) in [4.78, 5) is 28.4. The summed E-state index contributed by atoms with van der Waals surface area (Å²) in [6, 6.07) is 7.79. The van der Waals surface area contributed by atoms with Gasteiger partial charge >= 0.3 is 0 Å². The number of aryl methyl sites for hydroxylation is 2. The van der Waals surface area contributed by atoms with Gasteiger partial charge in [0.15, 0.2) is 5.78 Å². The monoisotopic (exact) mass is 386 g/mol. The Labute approximate surface area is 164 Å². The van der Waals surface area contributed by atoms with Gasteiger partial charge in [0, 0.05) is 36.2 Å². The molecule has 3 rings (SSSR count). The van der Waals surface area contributed by atoms with Crippen LogP contribution < -0.4 is 5.32 Å². The van der Waals surface area contributed by atoms with E-state index in [0.29, 0.717) is 13.1 Å². The predicted molar refractivity (Wildman–Crippen MR) is 108 cm³/mol. The number of likely N-dealkylation sites (tertiary alicyclic amines) is 1. The smallest absolute Gasteiger partial charge is 0.238 e. The number of nitrogens with zero attached hydrogens (tertiary/aromatic N) is 3. The van der Waals surface area contributed by atoms with Gasteiger partial charge in [0.25, 0.3) is 0 Å². The minimum atomic E-state index is -0.0662. The summed E-state index contributed by atoms with van der Waals surface area (Å²) in [7, 11) is 1.83. The van der Waals surface area contributed by atoms with Gasteiger partial charge in [-0.2, -0.15) is 5.10 Å². The van der Waals surface area contributed by atoms with Crippen molar-refractivity contribution in [1.82, 2.24) is 14.7 Å². The van der Waals surface area contributed by atoms with E-state index in [-0.39, 0.29) is 17.6 Å². The molecule has 1 atom stereocenters. The lowest BCUT2D eigenvalue weighted by molar-refractivity contribution is -0.117. The summed E-state index contributed by atoms with van der Waals surface area (Å²) in [5.74, 6) is 0.0613. The Kier molecular flexibility index (Phi) is 6.34. The van der Waals surface area contributed by atoms with Gasteiger partial charge < -0.3 is 5.32 Å². The number of hydrogen-bond acceptors (Lipinski definition) is 5. The zero-order valence-electron chi connectivity index (χ0n) is 16.1. The number of benzene rings is 1. The SMILES string of the molecule is CSc1ccc(C(=O)[C@H]2CCCN(CC(=O)Nc3cn(C)nc3C)C2)cc1. The van der Waals surface area contributed by atoms with E-state index >= 15 is 0 Å². The Morgan fingerprint density at radius 2 is 2.04 bits per heavy atom. The fourth-order valence-electron chi connectivity index (χ4n) is 3.52. The number of amides is 1. The zero-order chi connectivity index (χ0) is 19.4. The van der Waals surface area contributed by atoms with Crippen molar-refractivity contribution in [2.45, 2.75) is 24.7 Å². The van der Waals surface area contributed by atoms with Crippen LogP contribution in [0.25, 0.3) is 0 Å². The lowest BCUT2D eigenvalue weighted by atomic mass is 9.90. The first-order valence-corrected chi connectivity index (χ1v) is 10.4. The van der Waals surface area contributed by atoms with Crippen LogP contribution >= 0.6 is 11.8 Å². The van der Waals surface area contributed by atoms with Crippen LogP contribution in [0.5, 0.6) is 0 Å². The van der Waals surface area contributed by atoms with Crippen molar-refractivity contribution in [2.24, 2.45) is 13.0 Å². The number of Topliss-reactive ketones (excluding diaryl/α,β-unsaturated/α-hetero) is 1. The molecule has 6 nitrogen and oxygen atoms in total. The van der Waals surface area contributed by atoms with E-state index in [4.69, 9.17) is 0 Å². The fraction of sp³-hybridized carbons (Fsp3) is 0.450. The highest BCUT2D eigenvalue weighted by molar-refractivity contribution is 7.98. The van der Waals surface area contributed by atoms with Gasteiger partial charge in [-0.05, 0) is 44.7 Å². The molecule has 1 fully saturated rings. The van der Waals surface area contributed by atoms with E-state index in [1.165, 1.54) is 0 Å². The number of aromatic nitrogens is 2. The van der Waals surface area contributed by atoms with Crippen molar-refractivity contribution in [3.05, 3.63) is 41.7 Å². The molecule has 2 aromatic rings. The quantitative estimate of drug-likeness (QED) is 0.611. The third-order valence-corrected chi connectivity index (χ3v) is 5.65. The summed E-state index contributed by atoms with van der Waals surface area (Å²) in [5.41, 5.74) is 2.29. The normalized spacial score (nSPS) is 17.7. The van der Waals surface area contributed by atoms with Gasteiger partial charge in [-0.1, -0.05) is 12.1 Å². The molecule has 2 heterocycles. The second-order valence-corrected chi connectivity index (χ2v) is 7.90. The van der Waals surface area contributed by atoms with E-state index in [1.54, 1.807) is 22.6 Å². The average Bonchev–Trinajstić information content (AvgIpc) is 2.98. The second-order valence-electron chi connectivity index (χ2n) is 7.02. The van der Waals surface area contributed by atoms with Crippen LogP contribution in [0.1, 0.15) is 28.9 Å². The first-order chi connectivity index (χ1) is 13.0.